The average Bonchev–Trinajstić information content (AvgIpc) is 3.71. The standard InChI is InChI=1S/C29H32F2N4O3S/c1-16-15-33(28(37)38-29(2,3)4)9-10-34(16)26-21-14-20(17-5-6-17)23(19-8-7-18(30)13-22(19)31)25-24(21)35(11-12-39-25)27(36)32-26/h7-8,13-14,16-17H,5-6,9-12,15H2,1-4H3/t16-/m0/s1. The lowest BCUT2D eigenvalue weighted by Gasteiger charge is -2.41. The second kappa shape index (κ2) is 9.50. The molecule has 1 amide bonds. The fraction of sp³-hybridized carbons (Fsp3) is 0.483. The van der Waals surface area contributed by atoms with E-state index in [0.717, 1.165) is 45.8 Å². The van der Waals surface area contributed by atoms with E-state index in [-0.39, 0.29) is 23.7 Å². The highest BCUT2D eigenvalue weighted by atomic mass is 32.2. The van der Waals surface area contributed by atoms with Crippen LogP contribution in [0.15, 0.2) is 34.0 Å². The van der Waals surface area contributed by atoms with Gasteiger partial charge in [0.2, 0.25) is 0 Å². The largest absolute Gasteiger partial charge is 0.444 e. The van der Waals surface area contributed by atoms with Crippen molar-refractivity contribution in [3.63, 3.8) is 0 Å². The summed E-state index contributed by atoms with van der Waals surface area (Å²) in [4.78, 5) is 35.3. The smallest absolute Gasteiger partial charge is 0.410 e. The van der Waals surface area contributed by atoms with Crippen LogP contribution in [0.5, 0.6) is 0 Å². The Hall–Kier alpha value is -3.14. The molecule has 7 nitrogen and oxygen atoms in total. The number of hydrogen-bond acceptors (Lipinski definition) is 6. The van der Waals surface area contributed by atoms with Gasteiger partial charge in [-0.25, -0.2) is 18.4 Å². The van der Waals surface area contributed by atoms with Crippen LogP contribution in [0.3, 0.4) is 0 Å². The van der Waals surface area contributed by atoms with E-state index in [2.05, 4.69) is 16.0 Å². The lowest BCUT2D eigenvalue weighted by molar-refractivity contribution is 0.0218. The first-order chi connectivity index (χ1) is 18.5. The molecule has 1 saturated heterocycles. The minimum atomic E-state index is -0.616. The minimum absolute atomic E-state index is 0.102. The molecule has 3 aromatic rings. The average molecular weight is 555 g/mol. The molecular weight excluding hydrogens is 522 g/mol. The van der Waals surface area contributed by atoms with Gasteiger partial charge in [-0.15, -0.1) is 11.8 Å². The summed E-state index contributed by atoms with van der Waals surface area (Å²) in [5.74, 6) is 0.322. The monoisotopic (exact) mass is 554 g/mol. The Bertz CT molecular complexity index is 1550. The summed E-state index contributed by atoms with van der Waals surface area (Å²) >= 11 is 1.61. The van der Waals surface area contributed by atoms with Crippen LogP contribution in [-0.2, 0) is 11.3 Å². The van der Waals surface area contributed by atoms with E-state index in [1.807, 2.05) is 27.7 Å². The number of aromatic nitrogens is 2. The number of carbonyl (C=O) groups excluding carboxylic acids is 1. The number of piperazine rings is 1. The van der Waals surface area contributed by atoms with Crippen molar-refractivity contribution in [2.45, 2.75) is 69.5 Å². The van der Waals surface area contributed by atoms with Crippen molar-refractivity contribution < 1.29 is 18.3 Å². The Kier molecular flexibility index (Phi) is 6.36. The molecule has 0 bridgehead atoms. The van der Waals surface area contributed by atoms with E-state index in [9.17, 15) is 14.0 Å². The second-order valence-corrected chi connectivity index (χ2v) is 12.8. The summed E-state index contributed by atoms with van der Waals surface area (Å²) in [7, 11) is 0. The molecule has 206 valence electrons. The predicted octanol–water partition coefficient (Wildman–Crippen LogP) is 5.77. The van der Waals surface area contributed by atoms with Crippen molar-refractivity contribution in [2.75, 3.05) is 30.3 Å². The van der Waals surface area contributed by atoms with Crippen molar-refractivity contribution in [3.05, 3.63) is 51.9 Å². The molecule has 10 heteroatoms. The lowest BCUT2D eigenvalue weighted by atomic mass is 9.93. The van der Waals surface area contributed by atoms with Gasteiger partial charge in [-0.1, -0.05) is 0 Å². The zero-order valence-corrected chi connectivity index (χ0v) is 23.4. The Balaban J connectivity index is 1.48. The summed E-state index contributed by atoms with van der Waals surface area (Å²) in [6.07, 6.45) is 1.65. The molecule has 3 aliphatic rings. The van der Waals surface area contributed by atoms with Crippen LogP contribution in [0, 0.1) is 11.6 Å². The van der Waals surface area contributed by atoms with Crippen LogP contribution in [0.1, 0.15) is 52.0 Å². The highest BCUT2D eigenvalue weighted by Crippen LogP contribution is 2.51. The fourth-order valence-electron chi connectivity index (χ4n) is 5.67. The summed E-state index contributed by atoms with van der Waals surface area (Å²) in [6, 6.07) is 5.69. The number of hydrogen-bond donors (Lipinski definition) is 0. The molecule has 2 aliphatic heterocycles. The summed E-state index contributed by atoms with van der Waals surface area (Å²) in [5.41, 5.74) is 1.98. The van der Waals surface area contributed by atoms with Gasteiger partial charge >= 0.3 is 11.8 Å². The third-order valence-electron chi connectivity index (χ3n) is 7.56. The summed E-state index contributed by atoms with van der Waals surface area (Å²) in [6.45, 7) is 9.45. The van der Waals surface area contributed by atoms with Gasteiger partial charge in [0.05, 0.1) is 5.52 Å². The molecule has 39 heavy (non-hydrogen) atoms. The van der Waals surface area contributed by atoms with Crippen molar-refractivity contribution in [1.29, 1.82) is 0 Å². The van der Waals surface area contributed by atoms with Gasteiger partial charge in [0.15, 0.2) is 0 Å². The van der Waals surface area contributed by atoms with Crippen LogP contribution < -0.4 is 10.6 Å². The number of carbonyl (C=O) groups is 1. The maximum absolute atomic E-state index is 15.2. The van der Waals surface area contributed by atoms with Gasteiger partial charge in [-0.3, -0.25) is 4.57 Å². The van der Waals surface area contributed by atoms with Crippen LogP contribution in [0.25, 0.3) is 22.0 Å². The highest BCUT2D eigenvalue weighted by Gasteiger charge is 2.36. The van der Waals surface area contributed by atoms with Crippen LogP contribution in [0.2, 0.25) is 0 Å². The number of thioether (sulfide) groups is 1. The Labute approximate surface area is 230 Å². The lowest BCUT2D eigenvalue weighted by Crippen LogP contribution is -2.55. The number of ether oxygens (including phenoxy) is 1. The molecule has 1 saturated carbocycles. The molecule has 3 heterocycles. The maximum Gasteiger partial charge on any atom is 0.410 e. The molecule has 0 radical (unpaired) electrons. The van der Waals surface area contributed by atoms with Crippen molar-refractivity contribution in [1.82, 2.24) is 14.5 Å². The molecule has 1 aromatic heterocycles. The Morgan fingerprint density at radius 3 is 2.56 bits per heavy atom. The molecule has 0 unspecified atom stereocenters. The number of aryl methyl sites for hydroxylation is 1. The van der Waals surface area contributed by atoms with Gasteiger partial charge in [0, 0.05) is 65.4 Å². The molecule has 1 aliphatic carbocycles. The van der Waals surface area contributed by atoms with E-state index >= 15 is 4.39 Å². The molecular formula is C29H32F2N4O3S. The van der Waals surface area contributed by atoms with Crippen LogP contribution in [0.4, 0.5) is 19.4 Å². The van der Waals surface area contributed by atoms with Gasteiger partial charge < -0.3 is 14.5 Å². The van der Waals surface area contributed by atoms with Crippen LogP contribution >= 0.6 is 11.8 Å². The van der Waals surface area contributed by atoms with Crippen molar-refractivity contribution >= 4 is 34.6 Å². The number of nitrogens with zero attached hydrogens (tertiary/aromatic N) is 4. The molecule has 1 atom stereocenters. The second-order valence-electron chi connectivity index (χ2n) is 11.7. The van der Waals surface area contributed by atoms with Gasteiger partial charge in [0.1, 0.15) is 23.1 Å². The first kappa shape index (κ1) is 26.1. The number of rotatable bonds is 3. The first-order valence-corrected chi connectivity index (χ1v) is 14.4. The van der Waals surface area contributed by atoms with Crippen LogP contribution in [-0.4, -0.2) is 57.6 Å². The quantitative estimate of drug-likeness (QED) is 0.410. The third kappa shape index (κ3) is 4.77. The van der Waals surface area contributed by atoms with E-state index in [4.69, 9.17) is 4.74 Å². The van der Waals surface area contributed by atoms with Crippen molar-refractivity contribution in [2.24, 2.45) is 0 Å². The molecule has 6 rings (SSSR count). The molecule has 0 N–H and O–H groups in total. The van der Waals surface area contributed by atoms with Gasteiger partial charge in [-0.2, -0.15) is 4.98 Å². The molecule has 2 fully saturated rings. The Morgan fingerprint density at radius 1 is 1.13 bits per heavy atom. The third-order valence-corrected chi connectivity index (χ3v) is 8.63. The number of benzene rings is 2. The van der Waals surface area contributed by atoms with E-state index < -0.39 is 17.2 Å². The Morgan fingerprint density at radius 2 is 1.90 bits per heavy atom. The van der Waals surface area contributed by atoms with Gasteiger partial charge in [-0.05, 0) is 70.2 Å². The van der Waals surface area contributed by atoms with E-state index in [0.29, 0.717) is 43.3 Å². The van der Waals surface area contributed by atoms with E-state index in [1.54, 1.807) is 21.2 Å². The predicted molar refractivity (Wildman–Crippen MR) is 149 cm³/mol. The highest BCUT2D eigenvalue weighted by molar-refractivity contribution is 7.99. The van der Waals surface area contributed by atoms with Crippen molar-refractivity contribution in [3.8, 4) is 11.1 Å². The SMILES string of the molecule is C[C@H]1CN(C(=O)OC(C)(C)C)CCN1c1nc(=O)n2c3c(c(-c4ccc(F)cc4F)c(C4CC4)cc13)SCC2. The summed E-state index contributed by atoms with van der Waals surface area (Å²) < 4.78 is 36.2. The van der Waals surface area contributed by atoms with E-state index in [1.165, 1.54) is 12.1 Å². The summed E-state index contributed by atoms with van der Waals surface area (Å²) in [5, 5.41) is 0.863. The number of halogens is 2. The molecule has 0 spiro atoms. The zero-order valence-electron chi connectivity index (χ0n) is 22.6. The number of anilines is 1. The minimum Gasteiger partial charge on any atom is -0.444 e. The normalized spacial score (nSPS) is 19.5. The van der Waals surface area contributed by atoms with Gasteiger partial charge in [0.25, 0.3) is 0 Å². The first-order valence-electron chi connectivity index (χ1n) is 13.5. The fourth-order valence-corrected chi connectivity index (χ4v) is 6.88. The zero-order chi connectivity index (χ0) is 27.6. The maximum atomic E-state index is 15.2. The molecule has 2 aromatic carbocycles. The number of amides is 1. The topological polar surface area (TPSA) is 67.7 Å².